The zero-order valence-corrected chi connectivity index (χ0v) is 9.71. The van der Waals surface area contributed by atoms with Crippen molar-refractivity contribution in [3.05, 3.63) is 0 Å². The summed E-state index contributed by atoms with van der Waals surface area (Å²) in [6.07, 6.45) is 1.82. The van der Waals surface area contributed by atoms with Gasteiger partial charge in [0.05, 0.1) is 0 Å². The van der Waals surface area contributed by atoms with Crippen molar-refractivity contribution in [3.63, 3.8) is 0 Å². The Bertz CT molecular complexity index is 199. The minimum atomic E-state index is 0.318. The molecule has 1 fully saturated rings. The Labute approximate surface area is 86.9 Å². The van der Waals surface area contributed by atoms with E-state index in [2.05, 4.69) is 26.1 Å². The Morgan fingerprint density at radius 3 is 2.57 bits per heavy atom. The number of rotatable bonds is 4. The lowest BCUT2D eigenvalue weighted by atomic mass is 9.97. The Balaban J connectivity index is 2.57. The van der Waals surface area contributed by atoms with Gasteiger partial charge in [0.2, 0.25) is 5.91 Å². The molecule has 0 bridgehead atoms. The van der Waals surface area contributed by atoms with Crippen molar-refractivity contribution in [2.75, 3.05) is 13.6 Å². The maximum absolute atomic E-state index is 11.7. The van der Waals surface area contributed by atoms with Crippen molar-refractivity contribution in [3.8, 4) is 0 Å². The van der Waals surface area contributed by atoms with E-state index in [0.29, 0.717) is 23.9 Å². The second-order valence-corrected chi connectivity index (χ2v) is 4.41. The first kappa shape index (κ1) is 11.5. The van der Waals surface area contributed by atoms with Crippen LogP contribution in [0.2, 0.25) is 0 Å². The Morgan fingerprint density at radius 1 is 1.57 bits per heavy atom. The van der Waals surface area contributed by atoms with Crippen LogP contribution in [0.25, 0.3) is 0 Å². The van der Waals surface area contributed by atoms with Gasteiger partial charge in [0.25, 0.3) is 0 Å². The van der Waals surface area contributed by atoms with E-state index in [0.717, 1.165) is 19.4 Å². The van der Waals surface area contributed by atoms with Crippen LogP contribution in [0.4, 0.5) is 0 Å². The molecule has 2 unspecified atom stereocenters. The predicted octanol–water partition coefficient (Wildman–Crippen LogP) is 1.24. The normalized spacial score (nSPS) is 24.8. The molecular weight excluding hydrogens is 176 g/mol. The zero-order chi connectivity index (χ0) is 10.7. The first-order valence-electron chi connectivity index (χ1n) is 5.56. The average molecular weight is 198 g/mol. The third kappa shape index (κ3) is 2.27. The SMILES string of the molecule is CCC(NC)C1CC(=O)N(C(C)C)C1. The van der Waals surface area contributed by atoms with Crippen LogP contribution in [0.5, 0.6) is 0 Å². The van der Waals surface area contributed by atoms with Crippen LogP contribution in [0.15, 0.2) is 0 Å². The number of nitrogens with one attached hydrogen (secondary N) is 1. The second-order valence-electron chi connectivity index (χ2n) is 4.41. The number of likely N-dealkylation sites (tertiary alicyclic amines) is 1. The summed E-state index contributed by atoms with van der Waals surface area (Å²) in [6.45, 7) is 7.26. The summed E-state index contributed by atoms with van der Waals surface area (Å²) in [6, 6.07) is 0.838. The fraction of sp³-hybridized carbons (Fsp3) is 0.909. The molecule has 1 heterocycles. The predicted molar refractivity (Wildman–Crippen MR) is 58.1 cm³/mol. The summed E-state index contributed by atoms with van der Waals surface area (Å²) < 4.78 is 0. The van der Waals surface area contributed by atoms with Gasteiger partial charge in [-0.1, -0.05) is 6.92 Å². The minimum Gasteiger partial charge on any atom is -0.340 e. The third-order valence-electron chi connectivity index (χ3n) is 3.19. The molecule has 1 amide bonds. The Kier molecular flexibility index (Phi) is 3.93. The minimum absolute atomic E-state index is 0.318. The molecule has 1 rings (SSSR count). The fourth-order valence-corrected chi connectivity index (χ4v) is 2.30. The van der Waals surface area contributed by atoms with Gasteiger partial charge in [0.1, 0.15) is 0 Å². The highest BCUT2D eigenvalue weighted by Crippen LogP contribution is 2.24. The molecule has 3 nitrogen and oxygen atoms in total. The van der Waals surface area contributed by atoms with Gasteiger partial charge in [-0.25, -0.2) is 0 Å². The van der Waals surface area contributed by atoms with E-state index in [-0.39, 0.29) is 0 Å². The van der Waals surface area contributed by atoms with Crippen LogP contribution in [-0.4, -0.2) is 36.5 Å². The lowest BCUT2D eigenvalue weighted by Crippen LogP contribution is -2.36. The average Bonchev–Trinajstić information content (AvgIpc) is 2.50. The molecule has 0 saturated carbocycles. The summed E-state index contributed by atoms with van der Waals surface area (Å²) in [4.78, 5) is 13.7. The lowest BCUT2D eigenvalue weighted by molar-refractivity contribution is -0.129. The number of carbonyl (C=O) groups excluding carboxylic acids is 1. The molecule has 2 atom stereocenters. The van der Waals surface area contributed by atoms with Crippen molar-refractivity contribution < 1.29 is 4.79 Å². The van der Waals surface area contributed by atoms with Crippen LogP contribution in [-0.2, 0) is 4.79 Å². The third-order valence-corrected chi connectivity index (χ3v) is 3.19. The summed E-state index contributed by atoms with van der Waals surface area (Å²) >= 11 is 0. The monoisotopic (exact) mass is 198 g/mol. The standard InChI is InChI=1S/C11H22N2O/c1-5-10(12-4)9-6-11(14)13(7-9)8(2)3/h8-10,12H,5-7H2,1-4H3. The topological polar surface area (TPSA) is 32.3 Å². The highest BCUT2D eigenvalue weighted by atomic mass is 16.2. The van der Waals surface area contributed by atoms with Crippen LogP contribution in [0.3, 0.4) is 0 Å². The number of hydrogen-bond acceptors (Lipinski definition) is 2. The highest BCUT2D eigenvalue weighted by molar-refractivity contribution is 5.79. The van der Waals surface area contributed by atoms with Gasteiger partial charge in [-0.15, -0.1) is 0 Å². The van der Waals surface area contributed by atoms with E-state index in [9.17, 15) is 4.79 Å². The number of hydrogen-bond donors (Lipinski definition) is 1. The summed E-state index contributed by atoms with van der Waals surface area (Å²) in [7, 11) is 1.98. The van der Waals surface area contributed by atoms with E-state index in [1.807, 2.05) is 11.9 Å². The fourth-order valence-electron chi connectivity index (χ4n) is 2.30. The molecule has 1 aliphatic rings. The Hall–Kier alpha value is -0.570. The molecule has 0 aromatic heterocycles. The summed E-state index contributed by atoms with van der Waals surface area (Å²) in [5.74, 6) is 0.818. The molecule has 0 aromatic carbocycles. The molecular formula is C11H22N2O. The molecule has 1 aliphatic heterocycles. The molecule has 0 aliphatic carbocycles. The van der Waals surface area contributed by atoms with Gasteiger partial charge in [0, 0.05) is 31.0 Å². The molecule has 14 heavy (non-hydrogen) atoms. The molecule has 82 valence electrons. The molecule has 1 N–H and O–H groups in total. The summed E-state index contributed by atoms with van der Waals surface area (Å²) in [5, 5.41) is 3.29. The number of amides is 1. The smallest absolute Gasteiger partial charge is 0.223 e. The number of nitrogens with zero attached hydrogens (tertiary/aromatic N) is 1. The highest BCUT2D eigenvalue weighted by Gasteiger charge is 2.34. The van der Waals surface area contributed by atoms with Gasteiger partial charge in [-0.3, -0.25) is 4.79 Å². The van der Waals surface area contributed by atoms with E-state index in [4.69, 9.17) is 0 Å². The van der Waals surface area contributed by atoms with Crippen molar-refractivity contribution in [2.45, 2.75) is 45.7 Å². The van der Waals surface area contributed by atoms with Gasteiger partial charge >= 0.3 is 0 Å². The van der Waals surface area contributed by atoms with Crippen LogP contribution >= 0.6 is 0 Å². The van der Waals surface area contributed by atoms with Gasteiger partial charge in [-0.05, 0) is 27.3 Å². The first-order chi connectivity index (χ1) is 6.60. The molecule has 1 saturated heterocycles. The molecule has 0 radical (unpaired) electrons. The van der Waals surface area contributed by atoms with Crippen molar-refractivity contribution in [1.29, 1.82) is 0 Å². The summed E-state index contributed by atoms with van der Waals surface area (Å²) in [5.41, 5.74) is 0. The Morgan fingerprint density at radius 2 is 2.21 bits per heavy atom. The quantitative estimate of drug-likeness (QED) is 0.737. The van der Waals surface area contributed by atoms with Gasteiger partial charge in [0.15, 0.2) is 0 Å². The zero-order valence-electron chi connectivity index (χ0n) is 9.71. The van der Waals surface area contributed by atoms with Crippen LogP contribution in [0, 0.1) is 5.92 Å². The first-order valence-corrected chi connectivity index (χ1v) is 5.56. The van der Waals surface area contributed by atoms with Crippen molar-refractivity contribution in [2.24, 2.45) is 5.92 Å². The van der Waals surface area contributed by atoms with E-state index < -0.39 is 0 Å². The maximum atomic E-state index is 11.7. The second kappa shape index (κ2) is 4.78. The van der Waals surface area contributed by atoms with Crippen molar-refractivity contribution >= 4 is 5.91 Å². The maximum Gasteiger partial charge on any atom is 0.223 e. The lowest BCUT2D eigenvalue weighted by Gasteiger charge is -2.24. The molecule has 0 spiro atoms. The van der Waals surface area contributed by atoms with Crippen LogP contribution in [0.1, 0.15) is 33.6 Å². The van der Waals surface area contributed by atoms with E-state index in [1.54, 1.807) is 0 Å². The number of carbonyl (C=O) groups is 1. The van der Waals surface area contributed by atoms with Gasteiger partial charge < -0.3 is 10.2 Å². The van der Waals surface area contributed by atoms with Crippen LogP contribution < -0.4 is 5.32 Å². The molecule has 3 heteroatoms. The van der Waals surface area contributed by atoms with E-state index >= 15 is 0 Å². The van der Waals surface area contributed by atoms with Crippen molar-refractivity contribution in [1.82, 2.24) is 10.2 Å². The molecule has 0 aromatic rings. The van der Waals surface area contributed by atoms with E-state index in [1.165, 1.54) is 0 Å². The van der Waals surface area contributed by atoms with Gasteiger partial charge in [-0.2, -0.15) is 0 Å². The largest absolute Gasteiger partial charge is 0.340 e.